The average Bonchev–Trinajstić information content (AvgIpc) is 2.52. The van der Waals surface area contributed by atoms with Crippen LogP contribution in [0, 0.1) is 6.92 Å². The van der Waals surface area contributed by atoms with Gasteiger partial charge in [0.2, 0.25) is 5.95 Å². The van der Waals surface area contributed by atoms with Gasteiger partial charge in [-0.25, -0.2) is 4.98 Å². The van der Waals surface area contributed by atoms with Crippen molar-refractivity contribution in [3.8, 4) is 5.75 Å². The fourth-order valence-corrected chi connectivity index (χ4v) is 1.89. The van der Waals surface area contributed by atoms with Crippen molar-refractivity contribution in [1.82, 2.24) is 9.97 Å². The van der Waals surface area contributed by atoms with Crippen LogP contribution < -0.4 is 15.4 Å². The van der Waals surface area contributed by atoms with Crippen LogP contribution in [0.4, 0.5) is 17.5 Å². The lowest BCUT2D eigenvalue weighted by molar-refractivity contribution is -0.140. The molecule has 0 spiro atoms. The average molecular weight is 353 g/mol. The summed E-state index contributed by atoms with van der Waals surface area (Å²) in [6, 6.07) is 9.40. The van der Waals surface area contributed by atoms with Crippen LogP contribution in [0.5, 0.6) is 5.75 Å². The molecular weight excluding hydrogens is 332 g/mol. The number of carbonyl (C=O) groups is 1. The highest BCUT2D eigenvalue weighted by molar-refractivity contribution is 5.85. The first-order valence-corrected chi connectivity index (χ1v) is 7.21. The number of aromatic nitrogens is 2. The van der Waals surface area contributed by atoms with Crippen LogP contribution in [0.25, 0.3) is 0 Å². The maximum Gasteiger partial charge on any atom is 0.302 e. The summed E-state index contributed by atoms with van der Waals surface area (Å²) < 4.78 is 9.99. The number of rotatable bonds is 7. The second-order valence-corrected chi connectivity index (χ2v) is 4.84. The van der Waals surface area contributed by atoms with Crippen molar-refractivity contribution >= 4 is 35.8 Å². The van der Waals surface area contributed by atoms with E-state index in [2.05, 4.69) is 20.6 Å². The number of carbonyl (C=O) groups excluding carboxylic acids is 1. The number of hydrogen-bond acceptors (Lipinski definition) is 7. The second-order valence-electron chi connectivity index (χ2n) is 4.84. The van der Waals surface area contributed by atoms with E-state index in [1.807, 2.05) is 37.3 Å². The molecule has 24 heavy (non-hydrogen) atoms. The molecule has 2 rings (SSSR count). The van der Waals surface area contributed by atoms with Gasteiger partial charge in [-0.1, -0.05) is 0 Å². The highest BCUT2D eigenvalue weighted by Gasteiger charge is 2.03. The number of nitrogens with one attached hydrogen (secondary N) is 2. The molecule has 130 valence electrons. The summed E-state index contributed by atoms with van der Waals surface area (Å²) in [4.78, 5) is 19.4. The monoisotopic (exact) mass is 352 g/mol. The normalized spacial score (nSPS) is 9.62. The molecule has 0 saturated carbocycles. The third-order valence-electron chi connectivity index (χ3n) is 2.91. The van der Waals surface area contributed by atoms with E-state index in [9.17, 15) is 4.79 Å². The van der Waals surface area contributed by atoms with Gasteiger partial charge in [-0.15, -0.1) is 12.4 Å². The van der Waals surface area contributed by atoms with Crippen molar-refractivity contribution in [2.45, 2.75) is 13.8 Å². The summed E-state index contributed by atoms with van der Waals surface area (Å²) in [6.45, 7) is 3.98. The van der Waals surface area contributed by atoms with Crippen LogP contribution in [0.1, 0.15) is 12.6 Å². The van der Waals surface area contributed by atoms with Crippen molar-refractivity contribution in [3.05, 3.63) is 36.0 Å². The van der Waals surface area contributed by atoms with Gasteiger partial charge in [-0.05, 0) is 31.2 Å². The molecule has 0 aliphatic rings. The number of methoxy groups -OCH3 is 1. The molecule has 8 heteroatoms. The van der Waals surface area contributed by atoms with Gasteiger partial charge >= 0.3 is 5.97 Å². The molecule has 2 N–H and O–H groups in total. The van der Waals surface area contributed by atoms with Crippen molar-refractivity contribution < 1.29 is 14.3 Å². The molecule has 0 amide bonds. The minimum absolute atomic E-state index is 0. The maximum atomic E-state index is 10.7. The lowest BCUT2D eigenvalue weighted by Gasteiger charge is -2.10. The Morgan fingerprint density at radius 2 is 1.92 bits per heavy atom. The van der Waals surface area contributed by atoms with Gasteiger partial charge in [-0.2, -0.15) is 4.98 Å². The Labute approximate surface area is 147 Å². The molecule has 2 aromatic rings. The highest BCUT2D eigenvalue weighted by Crippen LogP contribution is 2.19. The van der Waals surface area contributed by atoms with Crippen LogP contribution in [-0.4, -0.2) is 36.2 Å². The molecule has 1 heterocycles. The quantitative estimate of drug-likeness (QED) is 0.585. The molecule has 1 aromatic carbocycles. The van der Waals surface area contributed by atoms with Crippen LogP contribution in [0.2, 0.25) is 0 Å². The molecule has 7 nitrogen and oxygen atoms in total. The zero-order chi connectivity index (χ0) is 16.7. The zero-order valence-electron chi connectivity index (χ0n) is 13.8. The SMILES string of the molecule is COc1ccc(Nc2cc(C)nc(NCCOC(C)=O)n2)cc1.Cl. The predicted octanol–water partition coefficient (Wildman–Crippen LogP) is 2.93. The van der Waals surface area contributed by atoms with Crippen LogP contribution in [0.15, 0.2) is 30.3 Å². The first kappa shape index (κ1) is 19.5. The molecule has 0 atom stereocenters. The Bertz CT molecular complexity index is 665. The largest absolute Gasteiger partial charge is 0.497 e. The lowest BCUT2D eigenvalue weighted by atomic mass is 10.3. The van der Waals surface area contributed by atoms with Crippen molar-refractivity contribution in [1.29, 1.82) is 0 Å². The van der Waals surface area contributed by atoms with E-state index in [1.165, 1.54) is 6.92 Å². The van der Waals surface area contributed by atoms with Crippen molar-refractivity contribution in [2.24, 2.45) is 0 Å². The molecule has 0 radical (unpaired) electrons. The fourth-order valence-electron chi connectivity index (χ4n) is 1.89. The van der Waals surface area contributed by atoms with Gasteiger partial charge in [0.05, 0.1) is 13.7 Å². The minimum atomic E-state index is -0.307. The van der Waals surface area contributed by atoms with E-state index in [1.54, 1.807) is 7.11 Å². The van der Waals surface area contributed by atoms with Crippen LogP contribution in [0.3, 0.4) is 0 Å². The van der Waals surface area contributed by atoms with Gasteiger partial charge < -0.3 is 20.1 Å². The van der Waals surface area contributed by atoms with Crippen LogP contribution in [-0.2, 0) is 9.53 Å². The molecule has 0 aliphatic carbocycles. The Kier molecular flexibility index (Phi) is 7.77. The second kappa shape index (κ2) is 9.57. The number of nitrogens with zero attached hydrogens (tertiary/aromatic N) is 2. The number of ether oxygens (including phenoxy) is 2. The van der Waals surface area contributed by atoms with E-state index < -0.39 is 0 Å². The van der Waals surface area contributed by atoms with Gasteiger partial charge in [0.1, 0.15) is 18.2 Å². The van der Waals surface area contributed by atoms with E-state index in [4.69, 9.17) is 9.47 Å². The Morgan fingerprint density at radius 1 is 1.21 bits per heavy atom. The van der Waals surface area contributed by atoms with Crippen LogP contribution >= 0.6 is 12.4 Å². The predicted molar refractivity (Wildman–Crippen MR) is 95.4 cm³/mol. The summed E-state index contributed by atoms with van der Waals surface area (Å²) >= 11 is 0. The lowest BCUT2D eigenvalue weighted by Crippen LogP contribution is -2.14. The topological polar surface area (TPSA) is 85.4 Å². The molecular formula is C16H21ClN4O3. The third-order valence-corrected chi connectivity index (χ3v) is 2.91. The number of esters is 1. The smallest absolute Gasteiger partial charge is 0.302 e. The molecule has 0 fully saturated rings. The number of hydrogen-bond donors (Lipinski definition) is 2. The molecule has 0 unspecified atom stereocenters. The van der Waals surface area contributed by atoms with Gasteiger partial charge in [-0.3, -0.25) is 4.79 Å². The van der Waals surface area contributed by atoms with Gasteiger partial charge in [0, 0.05) is 24.4 Å². The Balaban J connectivity index is 0.00000288. The number of benzene rings is 1. The fraction of sp³-hybridized carbons (Fsp3) is 0.312. The minimum Gasteiger partial charge on any atom is -0.497 e. The molecule has 0 bridgehead atoms. The van der Waals surface area contributed by atoms with Gasteiger partial charge in [0.15, 0.2) is 0 Å². The highest BCUT2D eigenvalue weighted by atomic mass is 35.5. The summed E-state index contributed by atoms with van der Waals surface area (Å²) in [6.07, 6.45) is 0. The zero-order valence-corrected chi connectivity index (χ0v) is 14.6. The summed E-state index contributed by atoms with van der Waals surface area (Å²) in [5.74, 6) is 1.65. The number of anilines is 3. The molecule has 0 saturated heterocycles. The number of aryl methyl sites for hydroxylation is 1. The van der Waals surface area contributed by atoms with E-state index in [-0.39, 0.29) is 25.0 Å². The summed E-state index contributed by atoms with van der Waals surface area (Å²) in [7, 11) is 1.63. The van der Waals surface area contributed by atoms with E-state index in [0.29, 0.717) is 18.3 Å². The van der Waals surface area contributed by atoms with E-state index >= 15 is 0 Å². The Hall–Kier alpha value is -2.54. The first-order chi connectivity index (χ1) is 11.1. The first-order valence-electron chi connectivity index (χ1n) is 7.21. The summed E-state index contributed by atoms with van der Waals surface area (Å²) in [5.41, 5.74) is 1.72. The number of halogens is 1. The molecule has 1 aromatic heterocycles. The van der Waals surface area contributed by atoms with Crippen molar-refractivity contribution in [2.75, 3.05) is 30.9 Å². The standard InChI is InChI=1S/C16H20N4O3.ClH/c1-11-10-15(19-13-4-6-14(22-3)7-5-13)20-16(18-11)17-8-9-23-12(2)21;/h4-7,10H,8-9H2,1-3H3,(H2,17,18,19,20);1H. The molecule has 0 aliphatic heterocycles. The maximum absolute atomic E-state index is 10.7. The Morgan fingerprint density at radius 3 is 2.54 bits per heavy atom. The third kappa shape index (κ3) is 6.29. The van der Waals surface area contributed by atoms with Gasteiger partial charge in [0.25, 0.3) is 0 Å². The van der Waals surface area contributed by atoms with E-state index in [0.717, 1.165) is 17.1 Å². The van der Waals surface area contributed by atoms with Crippen molar-refractivity contribution in [3.63, 3.8) is 0 Å². The summed E-state index contributed by atoms with van der Waals surface area (Å²) in [5, 5.41) is 6.24.